The Hall–Kier alpha value is -1.11. The molecule has 1 aromatic rings. The first-order valence-electron chi connectivity index (χ1n) is 5.56. The van der Waals surface area contributed by atoms with Crippen LogP contribution in [-0.2, 0) is 25.6 Å². The molecule has 0 heterocycles. The van der Waals surface area contributed by atoms with E-state index in [0.717, 1.165) is 17.6 Å². The van der Waals surface area contributed by atoms with E-state index in [0.29, 0.717) is 19.6 Å². The second kappa shape index (κ2) is 7.35. The van der Waals surface area contributed by atoms with E-state index in [1.165, 1.54) is 0 Å². The Morgan fingerprint density at radius 2 is 1.78 bits per heavy atom. The topological polar surface area (TPSA) is 61.8 Å². The van der Waals surface area contributed by atoms with Crippen LogP contribution in [0.15, 0.2) is 24.3 Å². The van der Waals surface area contributed by atoms with E-state index in [-0.39, 0.29) is 6.61 Å². The average Bonchev–Trinajstić information content (AvgIpc) is 2.33. The first-order valence-corrected chi connectivity index (χ1v) is 7.38. The smallest absolute Gasteiger partial charge is 0.264 e. The standard InChI is InChI=1S/C12H18O5S/c1-15-12-6-4-11(5-7-12)10-16-8-3-9-17-18(2,13)14/h4-7H,3,8-10H2,1-2H3. The lowest BCUT2D eigenvalue weighted by Gasteiger charge is -2.05. The Bertz CT molecular complexity index is 438. The molecule has 0 radical (unpaired) electrons. The SMILES string of the molecule is COc1ccc(COCCCOS(C)(=O)=O)cc1. The van der Waals surface area contributed by atoms with Crippen LogP contribution in [0.2, 0.25) is 0 Å². The lowest BCUT2D eigenvalue weighted by Crippen LogP contribution is -2.06. The minimum atomic E-state index is -3.34. The van der Waals surface area contributed by atoms with Gasteiger partial charge in [-0.05, 0) is 24.1 Å². The zero-order valence-electron chi connectivity index (χ0n) is 10.6. The second-order valence-electron chi connectivity index (χ2n) is 3.78. The van der Waals surface area contributed by atoms with Crippen molar-refractivity contribution >= 4 is 10.1 Å². The van der Waals surface area contributed by atoms with Crippen molar-refractivity contribution in [1.82, 2.24) is 0 Å². The van der Waals surface area contributed by atoms with E-state index < -0.39 is 10.1 Å². The van der Waals surface area contributed by atoms with Crippen LogP contribution in [-0.4, -0.2) is 35.0 Å². The van der Waals surface area contributed by atoms with Gasteiger partial charge in [-0.25, -0.2) is 0 Å². The maximum Gasteiger partial charge on any atom is 0.264 e. The lowest BCUT2D eigenvalue weighted by molar-refractivity contribution is 0.108. The van der Waals surface area contributed by atoms with Crippen molar-refractivity contribution < 1.29 is 22.1 Å². The summed E-state index contributed by atoms with van der Waals surface area (Å²) in [7, 11) is -1.72. The molecule has 1 rings (SSSR count). The van der Waals surface area contributed by atoms with Gasteiger partial charge in [0.1, 0.15) is 5.75 Å². The molecule has 0 aromatic heterocycles. The van der Waals surface area contributed by atoms with Crippen LogP contribution in [0, 0.1) is 0 Å². The van der Waals surface area contributed by atoms with E-state index >= 15 is 0 Å². The summed E-state index contributed by atoms with van der Waals surface area (Å²) in [4.78, 5) is 0. The van der Waals surface area contributed by atoms with Crippen LogP contribution in [0.4, 0.5) is 0 Å². The molecule has 0 amide bonds. The van der Waals surface area contributed by atoms with Crippen LogP contribution >= 0.6 is 0 Å². The third-order valence-corrected chi connectivity index (χ3v) is 2.75. The first-order chi connectivity index (χ1) is 8.51. The molecule has 0 N–H and O–H groups in total. The lowest BCUT2D eigenvalue weighted by atomic mass is 10.2. The van der Waals surface area contributed by atoms with Gasteiger partial charge in [0, 0.05) is 6.61 Å². The van der Waals surface area contributed by atoms with Crippen molar-refractivity contribution in [3.8, 4) is 5.75 Å². The molecule has 5 nitrogen and oxygen atoms in total. The van der Waals surface area contributed by atoms with Crippen LogP contribution in [0.5, 0.6) is 5.75 Å². The van der Waals surface area contributed by atoms with Gasteiger partial charge >= 0.3 is 0 Å². The maximum atomic E-state index is 10.7. The normalized spacial score (nSPS) is 11.4. The molecule has 0 aliphatic heterocycles. The van der Waals surface area contributed by atoms with Crippen molar-refractivity contribution in [2.24, 2.45) is 0 Å². The van der Waals surface area contributed by atoms with E-state index in [9.17, 15) is 8.42 Å². The fourth-order valence-corrected chi connectivity index (χ4v) is 1.70. The molecule has 1 aromatic carbocycles. The minimum Gasteiger partial charge on any atom is -0.497 e. The number of rotatable bonds is 8. The molecule has 0 saturated heterocycles. The highest BCUT2D eigenvalue weighted by atomic mass is 32.2. The minimum absolute atomic E-state index is 0.154. The van der Waals surface area contributed by atoms with Gasteiger partial charge in [-0.2, -0.15) is 8.42 Å². The third kappa shape index (κ3) is 6.58. The molecule has 0 unspecified atom stereocenters. The molecular weight excluding hydrogens is 256 g/mol. The fourth-order valence-electron chi connectivity index (χ4n) is 1.28. The summed E-state index contributed by atoms with van der Waals surface area (Å²) in [5.74, 6) is 0.806. The van der Waals surface area contributed by atoms with Crippen LogP contribution in [0.25, 0.3) is 0 Å². The Kier molecular flexibility index (Phi) is 6.11. The predicted molar refractivity (Wildman–Crippen MR) is 68.1 cm³/mol. The van der Waals surface area contributed by atoms with Gasteiger partial charge in [-0.1, -0.05) is 12.1 Å². The molecule has 0 saturated carbocycles. The van der Waals surface area contributed by atoms with Crippen LogP contribution in [0.3, 0.4) is 0 Å². The van der Waals surface area contributed by atoms with Crippen molar-refractivity contribution in [2.75, 3.05) is 26.6 Å². The number of benzene rings is 1. The van der Waals surface area contributed by atoms with E-state index in [2.05, 4.69) is 4.18 Å². The highest BCUT2D eigenvalue weighted by Crippen LogP contribution is 2.11. The summed E-state index contributed by atoms with van der Waals surface area (Å²) in [6, 6.07) is 7.58. The number of hydrogen-bond donors (Lipinski definition) is 0. The molecular formula is C12H18O5S. The number of hydrogen-bond acceptors (Lipinski definition) is 5. The molecule has 0 spiro atoms. The van der Waals surface area contributed by atoms with Gasteiger partial charge in [0.2, 0.25) is 0 Å². The van der Waals surface area contributed by atoms with E-state index in [1.54, 1.807) is 7.11 Å². The summed E-state index contributed by atoms with van der Waals surface area (Å²) >= 11 is 0. The molecule has 0 fully saturated rings. The maximum absolute atomic E-state index is 10.7. The quantitative estimate of drug-likeness (QED) is 0.532. The zero-order chi connectivity index (χ0) is 13.4. The molecule has 0 bridgehead atoms. The average molecular weight is 274 g/mol. The molecule has 0 atom stereocenters. The van der Waals surface area contributed by atoms with Crippen molar-refractivity contribution in [2.45, 2.75) is 13.0 Å². The Labute approximate surface area is 108 Å². The van der Waals surface area contributed by atoms with E-state index in [4.69, 9.17) is 9.47 Å². The second-order valence-corrected chi connectivity index (χ2v) is 5.42. The Balaban J connectivity index is 2.14. The zero-order valence-corrected chi connectivity index (χ0v) is 11.4. The van der Waals surface area contributed by atoms with Gasteiger partial charge in [0.05, 0.1) is 26.6 Å². The highest BCUT2D eigenvalue weighted by Gasteiger charge is 2.00. The summed E-state index contributed by atoms with van der Waals surface area (Å²) in [6.07, 6.45) is 1.58. The van der Waals surface area contributed by atoms with Gasteiger partial charge in [0.25, 0.3) is 10.1 Å². The van der Waals surface area contributed by atoms with Crippen molar-refractivity contribution in [3.63, 3.8) is 0 Å². The Morgan fingerprint density at radius 3 is 2.33 bits per heavy atom. The van der Waals surface area contributed by atoms with Crippen LogP contribution in [0.1, 0.15) is 12.0 Å². The summed E-state index contributed by atoms with van der Waals surface area (Å²) in [5.41, 5.74) is 1.04. The molecule has 0 aliphatic rings. The van der Waals surface area contributed by atoms with Crippen LogP contribution < -0.4 is 4.74 Å². The summed E-state index contributed by atoms with van der Waals surface area (Å²) in [5, 5.41) is 0. The van der Waals surface area contributed by atoms with Gasteiger partial charge in [-0.3, -0.25) is 4.18 Å². The van der Waals surface area contributed by atoms with E-state index in [1.807, 2.05) is 24.3 Å². The monoisotopic (exact) mass is 274 g/mol. The largest absolute Gasteiger partial charge is 0.497 e. The highest BCUT2D eigenvalue weighted by molar-refractivity contribution is 7.85. The fraction of sp³-hybridized carbons (Fsp3) is 0.500. The summed E-state index contributed by atoms with van der Waals surface area (Å²) in [6.45, 7) is 1.10. The van der Waals surface area contributed by atoms with Crippen molar-refractivity contribution in [1.29, 1.82) is 0 Å². The molecule has 18 heavy (non-hydrogen) atoms. The molecule has 0 aliphatic carbocycles. The molecule has 6 heteroatoms. The van der Waals surface area contributed by atoms with Crippen molar-refractivity contribution in [3.05, 3.63) is 29.8 Å². The van der Waals surface area contributed by atoms with Gasteiger partial charge < -0.3 is 9.47 Å². The summed E-state index contributed by atoms with van der Waals surface area (Å²) < 4.78 is 36.4. The van der Waals surface area contributed by atoms with Gasteiger partial charge in [0.15, 0.2) is 0 Å². The number of ether oxygens (including phenoxy) is 2. The molecule has 102 valence electrons. The first kappa shape index (κ1) is 14.9. The third-order valence-electron chi connectivity index (χ3n) is 2.16. The van der Waals surface area contributed by atoms with Gasteiger partial charge in [-0.15, -0.1) is 0 Å². The Morgan fingerprint density at radius 1 is 1.11 bits per heavy atom. The predicted octanol–water partition coefficient (Wildman–Crippen LogP) is 1.58. The number of methoxy groups -OCH3 is 1.